The minimum Gasteiger partial charge on any atom is -0.465 e. The highest BCUT2D eigenvalue weighted by Gasteiger charge is 2.24. The molecule has 208 valence electrons. The average Bonchev–Trinajstić information content (AvgIpc) is 2.91. The summed E-state index contributed by atoms with van der Waals surface area (Å²) in [6.07, 6.45) is 1.28. The van der Waals surface area contributed by atoms with Gasteiger partial charge in [-0.1, -0.05) is 76.2 Å². The van der Waals surface area contributed by atoms with Crippen molar-refractivity contribution in [2.45, 2.75) is 77.8 Å². The number of carbonyl (C=O) groups is 2. The molecule has 1 fully saturated rings. The van der Waals surface area contributed by atoms with Gasteiger partial charge in [-0.2, -0.15) is 0 Å². The highest BCUT2D eigenvalue weighted by atomic mass is 16.4. The third kappa shape index (κ3) is 8.22. The standard InChI is InChI=1S/C31H46N4O3/c1-22(2)26-14-10-15-27(23(3)4)30(26)32-21-28(25-12-7-6-8-13-25)33-24(5)11-9-16-29(36)34-17-19-35(20-18-34)31(37)38/h6-8,10,12-15,22-24,28,32-33H,9,11,16-21H2,1-5H3,(H,37,38). The number of para-hydroxylation sites is 1. The van der Waals surface area contributed by atoms with Gasteiger partial charge in [0.2, 0.25) is 5.91 Å². The Bertz CT molecular complexity index is 1010. The normalized spacial score (nSPS) is 15.6. The molecular formula is C31H46N4O3. The molecule has 0 aromatic heterocycles. The molecule has 3 rings (SSSR count). The maximum atomic E-state index is 12.7. The number of carbonyl (C=O) groups excluding carboxylic acids is 1. The van der Waals surface area contributed by atoms with Gasteiger partial charge in [0.05, 0.1) is 0 Å². The second-order valence-electron chi connectivity index (χ2n) is 11.1. The zero-order valence-electron chi connectivity index (χ0n) is 23.7. The van der Waals surface area contributed by atoms with E-state index in [2.05, 4.69) is 87.7 Å². The van der Waals surface area contributed by atoms with Crippen LogP contribution in [-0.4, -0.2) is 65.7 Å². The van der Waals surface area contributed by atoms with Gasteiger partial charge in [-0.3, -0.25) is 4.79 Å². The molecule has 2 amide bonds. The van der Waals surface area contributed by atoms with Crippen molar-refractivity contribution in [2.75, 3.05) is 38.0 Å². The molecule has 1 aliphatic heterocycles. The van der Waals surface area contributed by atoms with Crippen LogP contribution in [0.1, 0.15) is 88.4 Å². The van der Waals surface area contributed by atoms with Crippen LogP contribution in [-0.2, 0) is 4.79 Å². The first-order valence-electron chi connectivity index (χ1n) is 14.1. The van der Waals surface area contributed by atoms with Crippen molar-refractivity contribution in [3.8, 4) is 0 Å². The third-order valence-electron chi connectivity index (χ3n) is 7.47. The molecule has 2 atom stereocenters. The molecule has 2 unspecified atom stereocenters. The Kier molecular flexibility index (Phi) is 11.0. The summed E-state index contributed by atoms with van der Waals surface area (Å²) in [6, 6.07) is 17.5. The third-order valence-corrected chi connectivity index (χ3v) is 7.47. The summed E-state index contributed by atoms with van der Waals surface area (Å²) >= 11 is 0. The molecule has 38 heavy (non-hydrogen) atoms. The first kappa shape index (κ1) is 29.5. The second kappa shape index (κ2) is 14.2. The van der Waals surface area contributed by atoms with Gasteiger partial charge in [-0.05, 0) is 48.3 Å². The van der Waals surface area contributed by atoms with Gasteiger partial charge in [0.25, 0.3) is 0 Å². The van der Waals surface area contributed by atoms with E-state index in [-0.39, 0.29) is 18.0 Å². The van der Waals surface area contributed by atoms with E-state index >= 15 is 0 Å². The van der Waals surface area contributed by atoms with E-state index in [0.717, 1.165) is 19.4 Å². The lowest BCUT2D eigenvalue weighted by Gasteiger charge is -2.33. The molecular weight excluding hydrogens is 476 g/mol. The Labute approximate surface area is 228 Å². The Morgan fingerprint density at radius 3 is 1.97 bits per heavy atom. The van der Waals surface area contributed by atoms with Crippen LogP contribution < -0.4 is 10.6 Å². The number of carboxylic acid groups (broad SMARTS) is 1. The number of nitrogens with one attached hydrogen (secondary N) is 2. The van der Waals surface area contributed by atoms with Gasteiger partial charge in [-0.25, -0.2) is 4.79 Å². The van der Waals surface area contributed by atoms with Gasteiger partial charge in [0.1, 0.15) is 0 Å². The number of hydrogen-bond acceptors (Lipinski definition) is 4. The largest absolute Gasteiger partial charge is 0.465 e. The van der Waals surface area contributed by atoms with Gasteiger partial charge in [0.15, 0.2) is 0 Å². The van der Waals surface area contributed by atoms with Crippen molar-refractivity contribution in [3.05, 3.63) is 65.2 Å². The van der Waals surface area contributed by atoms with Crippen LogP contribution in [0.2, 0.25) is 0 Å². The van der Waals surface area contributed by atoms with E-state index in [1.165, 1.54) is 27.3 Å². The Morgan fingerprint density at radius 1 is 0.842 bits per heavy atom. The quantitative estimate of drug-likeness (QED) is 0.316. The minimum absolute atomic E-state index is 0.120. The minimum atomic E-state index is -0.910. The molecule has 1 aliphatic rings. The molecule has 0 saturated carbocycles. The van der Waals surface area contributed by atoms with Gasteiger partial charge in [-0.15, -0.1) is 0 Å². The van der Waals surface area contributed by atoms with Crippen molar-refractivity contribution >= 4 is 17.7 Å². The number of amides is 2. The molecule has 3 N–H and O–H groups in total. The molecule has 1 saturated heterocycles. The highest BCUT2D eigenvalue weighted by molar-refractivity contribution is 5.76. The second-order valence-corrected chi connectivity index (χ2v) is 11.1. The lowest BCUT2D eigenvalue weighted by Crippen LogP contribution is -2.50. The number of hydrogen-bond donors (Lipinski definition) is 3. The maximum absolute atomic E-state index is 12.7. The van der Waals surface area contributed by atoms with E-state index in [4.69, 9.17) is 5.11 Å². The number of piperazine rings is 1. The average molecular weight is 523 g/mol. The first-order valence-corrected chi connectivity index (χ1v) is 14.1. The van der Waals surface area contributed by atoms with E-state index < -0.39 is 6.09 Å². The fourth-order valence-corrected chi connectivity index (χ4v) is 5.21. The van der Waals surface area contributed by atoms with Crippen LogP contribution >= 0.6 is 0 Å². The number of rotatable bonds is 12. The molecule has 2 aromatic carbocycles. The topological polar surface area (TPSA) is 84.9 Å². The summed E-state index contributed by atoms with van der Waals surface area (Å²) < 4.78 is 0. The van der Waals surface area contributed by atoms with Crippen LogP contribution in [0, 0.1) is 0 Å². The Hall–Kier alpha value is -3.06. The molecule has 0 bridgehead atoms. The molecule has 7 nitrogen and oxygen atoms in total. The Morgan fingerprint density at radius 2 is 1.42 bits per heavy atom. The van der Waals surface area contributed by atoms with Crippen molar-refractivity contribution in [1.82, 2.24) is 15.1 Å². The van der Waals surface area contributed by atoms with Crippen LogP contribution in [0.5, 0.6) is 0 Å². The highest BCUT2D eigenvalue weighted by Crippen LogP contribution is 2.33. The number of benzene rings is 2. The Balaban J connectivity index is 1.59. The van der Waals surface area contributed by atoms with Crippen LogP contribution in [0.15, 0.2) is 48.5 Å². The smallest absolute Gasteiger partial charge is 0.407 e. The van der Waals surface area contributed by atoms with E-state index in [1.807, 2.05) is 6.07 Å². The molecule has 1 heterocycles. The van der Waals surface area contributed by atoms with Gasteiger partial charge < -0.3 is 25.5 Å². The summed E-state index contributed by atoms with van der Waals surface area (Å²) in [7, 11) is 0. The fourth-order valence-electron chi connectivity index (χ4n) is 5.21. The molecule has 7 heteroatoms. The summed E-state index contributed by atoms with van der Waals surface area (Å²) in [5.74, 6) is 0.987. The number of nitrogens with zero attached hydrogens (tertiary/aromatic N) is 2. The zero-order chi connectivity index (χ0) is 27.7. The van der Waals surface area contributed by atoms with E-state index in [9.17, 15) is 9.59 Å². The lowest BCUT2D eigenvalue weighted by molar-refractivity contribution is -0.132. The summed E-state index contributed by atoms with van der Waals surface area (Å²) in [6.45, 7) is 13.7. The van der Waals surface area contributed by atoms with Crippen molar-refractivity contribution in [3.63, 3.8) is 0 Å². The summed E-state index contributed by atoms with van der Waals surface area (Å²) in [5.41, 5.74) is 5.19. The van der Waals surface area contributed by atoms with Gasteiger partial charge in [0, 0.05) is 56.9 Å². The van der Waals surface area contributed by atoms with Gasteiger partial charge >= 0.3 is 6.09 Å². The molecule has 0 spiro atoms. The van der Waals surface area contributed by atoms with Crippen LogP contribution in [0.4, 0.5) is 10.5 Å². The monoisotopic (exact) mass is 522 g/mol. The first-order chi connectivity index (χ1) is 18.2. The van der Waals surface area contributed by atoms with Crippen molar-refractivity contribution in [1.29, 1.82) is 0 Å². The fraction of sp³-hybridized carbons (Fsp3) is 0.548. The SMILES string of the molecule is CC(CCCC(=O)N1CCN(C(=O)O)CC1)NC(CNc1c(C(C)C)cccc1C(C)C)c1ccccc1. The predicted molar refractivity (Wildman–Crippen MR) is 155 cm³/mol. The molecule has 0 aliphatic carbocycles. The van der Waals surface area contributed by atoms with E-state index in [0.29, 0.717) is 44.4 Å². The summed E-state index contributed by atoms with van der Waals surface area (Å²) in [4.78, 5) is 26.9. The summed E-state index contributed by atoms with van der Waals surface area (Å²) in [5, 5.41) is 16.7. The van der Waals surface area contributed by atoms with Crippen LogP contribution in [0.25, 0.3) is 0 Å². The van der Waals surface area contributed by atoms with E-state index in [1.54, 1.807) is 4.90 Å². The molecule has 2 aromatic rings. The zero-order valence-corrected chi connectivity index (χ0v) is 23.7. The maximum Gasteiger partial charge on any atom is 0.407 e. The predicted octanol–water partition coefficient (Wildman–Crippen LogP) is 6.06. The lowest BCUT2D eigenvalue weighted by atomic mass is 9.92. The van der Waals surface area contributed by atoms with Crippen molar-refractivity contribution in [2.24, 2.45) is 0 Å². The number of anilines is 1. The van der Waals surface area contributed by atoms with Crippen LogP contribution in [0.3, 0.4) is 0 Å². The molecule has 0 radical (unpaired) electrons. The van der Waals surface area contributed by atoms with Crippen molar-refractivity contribution < 1.29 is 14.7 Å².